The first-order valence-corrected chi connectivity index (χ1v) is 10.7. The summed E-state index contributed by atoms with van der Waals surface area (Å²) in [5, 5.41) is 6.20. The number of para-hydroxylation sites is 3. The Balaban J connectivity index is 1.47. The summed E-state index contributed by atoms with van der Waals surface area (Å²) in [5.41, 5.74) is 1.88. The van der Waals surface area contributed by atoms with Crippen LogP contribution in [0.3, 0.4) is 0 Å². The predicted molar refractivity (Wildman–Crippen MR) is 128 cm³/mol. The van der Waals surface area contributed by atoms with Crippen LogP contribution in [0.15, 0.2) is 72.8 Å². The lowest BCUT2D eigenvalue weighted by atomic mass is 10.1. The summed E-state index contributed by atoms with van der Waals surface area (Å²) in [6.07, 6.45) is 0.0873. The van der Waals surface area contributed by atoms with Gasteiger partial charge in [-0.1, -0.05) is 35.9 Å². The Bertz CT molecular complexity index is 1200. The number of hydrogen-bond acceptors (Lipinski definition) is 4. The largest absolute Gasteiger partial charge is 0.495 e. The van der Waals surface area contributed by atoms with E-state index in [0.29, 0.717) is 33.4 Å². The topological polar surface area (TPSA) is 87.7 Å². The van der Waals surface area contributed by atoms with Crippen LogP contribution in [-0.2, 0) is 9.59 Å². The van der Waals surface area contributed by atoms with Gasteiger partial charge >= 0.3 is 0 Å². The van der Waals surface area contributed by atoms with Gasteiger partial charge in [0.25, 0.3) is 5.91 Å². The lowest BCUT2D eigenvalue weighted by molar-refractivity contribution is -0.122. The fourth-order valence-electron chi connectivity index (χ4n) is 3.72. The van der Waals surface area contributed by atoms with Crippen molar-refractivity contribution in [1.82, 2.24) is 0 Å². The summed E-state index contributed by atoms with van der Waals surface area (Å²) >= 11 is 5.93. The van der Waals surface area contributed by atoms with E-state index >= 15 is 0 Å². The van der Waals surface area contributed by atoms with Gasteiger partial charge in [0.1, 0.15) is 5.75 Å². The van der Waals surface area contributed by atoms with Gasteiger partial charge in [-0.2, -0.15) is 0 Å². The molecule has 0 aliphatic carbocycles. The molecule has 1 aliphatic rings. The molecule has 1 aliphatic heterocycles. The lowest BCUT2D eigenvalue weighted by Crippen LogP contribution is -2.28. The number of amides is 3. The molecule has 8 heteroatoms. The number of carbonyl (C=O) groups is 3. The number of carbonyl (C=O) groups excluding carboxylic acids is 3. The SMILES string of the molecule is COc1ccccc1NC(=O)c1ccccc1NC(=O)[C@@H]1CC(=O)N(c2ccc(Cl)cc2)C1. The molecule has 0 spiro atoms. The van der Waals surface area contributed by atoms with E-state index in [2.05, 4.69) is 10.6 Å². The fraction of sp³-hybridized carbons (Fsp3) is 0.160. The molecule has 0 unspecified atom stereocenters. The van der Waals surface area contributed by atoms with Crippen LogP contribution in [0.25, 0.3) is 0 Å². The summed E-state index contributed by atoms with van der Waals surface area (Å²) in [4.78, 5) is 40.0. The minimum Gasteiger partial charge on any atom is -0.495 e. The van der Waals surface area contributed by atoms with Crippen molar-refractivity contribution in [2.24, 2.45) is 5.92 Å². The number of nitrogens with zero attached hydrogens (tertiary/aromatic N) is 1. The highest BCUT2D eigenvalue weighted by Gasteiger charge is 2.35. The third kappa shape index (κ3) is 4.99. The van der Waals surface area contributed by atoms with Crippen LogP contribution in [0.2, 0.25) is 5.02 Å². The first-order chi connectivity index (χ1) is 16.0. The average Bonchev–Trinajstić information content (AvgIpc) is 3.22. The molecule has 0 radical (unpaired) electrons. The second kappa shape index (κ2) is 9.75. The Labute approximate surface area is 196 Å². The molecular formula is C25H22ClN3O4. The normalized spacial score (nSPS) is 15.3. The van der Waals surface area contributed by atoms with Gasteiger partial charge in [-0.3, -0.25) is 14.4 Å². The minimum absolute atomic E-state index is 0.0873. The standard InChI is InChI=1S/C25H22ClN3O4/c1-33-22-9-5-4-8-21(22)28-25(32)19-6-2-3-7-20(19)27-24(31)16-14-23(30)29(15-16)18-12-10-17(26)11-13-18/h2-13,16H,14-15H2,1H3,(H,27,31)(H,28,32)/t16-/m1/s1. The third-order valence-electron chi connectivity index (χ3n) is 5.42. The molecule has 0 bridgehead atoms. The van der Waals surface area contributed by atoms with Gasteiger partial charge in [-0.15, -0.1) is 0 Å². The number of nitrogens with one attached hydrogen (secondary N) is 2. The van der Waals surface area contributed by atoms with Crippen LogP contribution < -0.4 is 20.3 Å². The van der Waals surface area contributed by atoms with E-state index in [9.17, 15) is 14.4 Å². The molecule has 2 N–H and O–H groups in total. The minimum atomic E-state index is -0.543. The van der Waals surface area contributed by atoms with E-state index in [1.807, 2.05) is 0 Å². The quantitative estimate of drug-likeness (QED) is 0.559. The Morgan fingerprint density at radius 2 is 1.61 bits per heavy atom. The zero-order valence-corrected chi connectivity index (χ0v) is 18.6. The summed E-state index contributed by atoms with van der Waals surface area (Å²) in [5.74, 6) is -0.865. The maximum Gasteiger partial charge on any atom is 0.257 e. The molecule has 0 saturated carbocycles. The van der Waals surface area contributed by atoms with Crippen LogP contribution in [0.4, 0.5) is 17.1 Å². The number of benzene rings is 3. The predicted octanol–water partition coefficient (Wildman–Crippen LogP) is 4.59. The molecule has 1 fully saturated rings. The first kappa shape index (κ1) is 22.4. The maximum absolute atomic E-state index is 13.0. The molecule has 1 atom stereocenters. The molecule has 0 aromatic heterocycles. The maximum atomic E-state index is 13.0. The van der Waals surface area contributed by atoms with Crippen molar-refractivity contribution < 1.29 is 19.1 Å². The zero-order valence-electron chi connectivity index (χ0n) is 17.9. The van der Waals surface area contributed by atoms with E-state index in [1.54, 1.807) is 77.7 Å². The van der Waals surface area contributed by atoms with Crippen LogP contribution in [-0.4, -0.2) is 31.4 Å². The van der Waals surface area contributed by atoms with Crippen LogP contribution >= 0.6 is 11.6 Å². The second-order valence-corrected chi connectivity index (χ2v) is 8.01. The van der Waals surface area contributed by atoms with Crippen LogP contribution in [0.1, 0.15) is 16.8 Å². The zero-order chi connectivity index (χ0) is 23.4. The molecule has 3 aromatic rings. The first-order valence-electron chi connectivity index (χ1n) is 10.4. The number of anilines is 3. The Morgan fingerprint density at radius 3 is 2.33 bits per heavy atom. The molecule has 33 heavy (non-hydrogen) atoms. The third-order valence-corrected chi connectivity index (χ3v) is 5.67. The molecule has 1 heterocycles. The van der Waals surface area contributed by atoms with Gasteiger partial charge in [0.05, 0.1) is 30.0 Å². The van der Waals surface area contributed by atoms with Gasteiger partial charge in [0, 0.05) is 23.7 Å². The van der Waals surface area contributed by atoms with Crippen molar-refractivity contribution in [3.8, 4) is 5.75 Å². The van der Waals surface area contributed by atoms with Crippen LogP contribution in [0.5, 0.6) is 5.75 Å². The Kier molecular flexibility index (Phi) is 6.60. The summed E-state index contributed by atoms with van der Waals surface area (Å²) in [7, 11) is 1.52. The monoisotopic (exact) mass is 463 g/mol. The van der Waals surface area contributed by atoms with E-state index in [-0.39, 0.29) is 30.7 Å². The van der Waals surface area contributed by atoms with Crippen LogP contribution in [0, 0.1) is 5.92 Å². The average molecular weight is 464 g/mol. The molecule has 168 valence electrons. The second-order valence-electron chi connectivity index (χ2n) is 7.57. The highest BCUT2D eigenvalue weighted by Crippen LogP contribution is 2.28. The number of ether oxygens (including phenoxy) is 1. The van der Waals surface area contributed by atoms with Crippen molar-refractivity contribution in [1.29, 1.82) is 0 Å². The number of hydrogen-bond donors (Lipinski definition) is 2. The molecule has 1 saturated heterocycles. The van der Waals surface area contributed by atoms with Gasteiger partial charge in [-0.25, -0.2) is 0 Å². The highest BCUT2D eigenvalue weighted by atomic mass is 35.5. The van der Waals surface area contributed by atoms with Gasteiger partial charge in [0.2, 0.25) is 11.8 Å². The lowest BCUT2D eigenvalue weighted by Gasteiger charge is -2.17. The summed E-state index contributed by atoms with van der Waals surface area (Å²) in [6.45, 7) is 0.252. The van der Waals surface area contributed by atoms with E-state index in [4.69, 9.17) is 16.3 Å². The summed E-state index contributed by atoms with van der Waals surface area (Å²) in [6, 6.07) is 20.7. The van der Waals surface area contributed by atoms with Crippen molar-refractivity contribution in [3.63, 3.8) is 0 Å². The number of methoxy groups -OCH3 is 1. The fourth-order valence-corrected chi connectivity index (χ4v) is 3.84. The molecule has 3 amide bonds. The van der Waals surface area contributed by atoms with Crippen molar-refractivity contribution in [2.45, 2.75) is 6.42 Å². The highest BCUT2D eigenvalue weighted by molar-refractivity contribution is 6.30. The smallest absolute Gasteiger partial charge is 0.257 e. The number of halogens is 1. The van der Waals surface area contributed by atoms with Gasteiger partial charge in [0.15, 0.2) is 0 Å². The Hall–Kier alpha value is -3.84. The van der Waals surface area contributed by atoms with Crippen molar-refractivity contribution in [3.05, 3.63) is 83.4 Å². The molecule has 7 nitrogen and oxygen atoms in total. The number of rotatable bonds is 6. The van der Waals surface area contributed by atoms with Crippen molar-refractivity contribution >= 4 is 46.4 Å². The molecule has 4 rings (SSSR count). The Morgan fingerprint density at radius 1 is 0.939 bits per heavy atom. The molecule has 3 aromatic carbocycles. The van der Waals surface area contributed by atoms with Gasteiger partial charge < -0.3 is 20.3 Å². The van der Waals surface area contributed by atoms with Gasteiger partial charge in [-0.05, 0) is 48.5 Å². The van der Waals surface area contributed by atoms with E-state index < -0.39 is 5.92 Å². The molecular weight excluding hydrogens is 442 g/mol. The van der Waals surface area contributed by atoms with Crippen molar-refractivity contribution in [2.75, 3.05) is 29.2 Å². The van der Waals surface area contributed by atoms with E-state index in [1.165, 1.54) is 7.11 Å². The van der Waals surface area contributed by atoms with E-state index in [0.717, 1.165) is 0 Å². The summed E-state index contributed by atoms with van der Waals surface area (Å²) < 4.78 is 5.28.